The van der Waals surface area contributed by atoms with Gasteiger partial charge in [-0.1, -0.05) is 23.9 Å². The topological polar surface area (TPSA) is 35.8 Å². The second kappa shape index (κ2) is 5.16. The molecule has 0 saturated heterocycles. The van der Waals surface area contributed by atoms with Crippen molar-refractivity contribution in [2.24, 2.45) is 4.99 Å². The van der Waals surface area contributed by atoms with Crippen LogP contribution in [0.4, 0.5) is 0 Å². The lowest BCUT2D eigenvalue weighted by Gasteiger charge is -2.15. The van der Waals surface area contributed by atoms with Gasteiger partial charge in [0.1, 0.15) is 0 Å². The fraction of sp³-hybridized carbons (Fsp3) is 0.312. The minimum absolute atomic E-state index is 0.191. The first-order valence-corrected chi connectivity index (χ1v) is 8.74. The molecule has 108 valence electrons. The Morgan fingerprint density at radius 1 is 1.38 bits per heavy atom. The molecule has 4 rings (SSSR count). The molecule has 0 saturated carbocycles. The van der Waals surface area contributed by atoms with Crippen LogP contribution in [0.2, 0.25) is 0 Å². The van der Waals surface area contributed by atoms with Crippen molar-refractivity contribution in [1.82, 2.24) is 4.90 Å². The second-order valence-corrected chi connectivity index (χ2v) is 7.41. The Morgan fingerprint density at radius 3 is 3.10 bits per heavy atom. The van der Waals surface area contributed by atoms with Crippen LogP contribution in [0.1, 0.15) is 16.9 Å². The number of benzene rings is 1. The minimum Gasteiger partial charge on any atom is -0.396 e. The van der Waals surface area contributed by atoms with Gasteiger partial charge in [0.2, 0.25) is 0 Å². The lowest BCUT2D eigenvalue weighted by Crippen LogP contribution is -2.19. The number of hydrogen-bond acceptors (Lipinski definition) is 5. The molecule has 0 amide bonds. The van der Waals surface area contributed by atoms with Crippen molar-refractivity contribution in [3.05, 3.63) is 39.6 Å². The van der Waals surface area contributed by atoms with E-state index in [2.05, 4.69) is 41.1 Å². The predicted octanol–water partition coefficient (Wildman–Crippen LogP) is 3.68. The van der Waals surface area contributed by atoms with E-state index in [1.54, 1.807) is 11.8 Å². The highest BCUT2D eigenvalue weighted by molar-refractivity contribution is 8.17. The normalized spacial score (nSPS) is 17.8. The van der Waals surface area contributed by atoms with E-state index in [-0.39, 0.29) is 6.61 Å². The summed E-state index contributed by atoms with van der Waals surface area (Å²) in [4.78, 5) is 9.42. The number of hydrogen-bond donors (Lipinski definition) is 1. The molecule has 2 aromatic rings. The fourth-order valence-corrected chi connectivity index (χ4v) is 5.36. The summed E-state index contributed by atoms with van der Waals surface area (Å²) in [6.45, 7) is 4.19. The van der Waals surface area contributed by atoms with Crippen LogP contribution >= 0.6 is 23.1 Å². The molecule has 2 aliphatic rings. The Kier molecular flexibility index (Phi) is 3.28. The third-order valence-corrected chi connectivity index (χ3v) is 6.18. The standard InChI is InChI=1S/C16H16N2OS2/c1-10-3-2-4-12-11(10)9-14(20-12)15-13(5-8-19)21-16-17-6-7-18(15)16/h2-4,9,19H,5-8H2,1H3. The number of thiophene rings is 1. The van der Waals surface area contributed by atoms with Crippen LogP contribution in [0.25, 0.3) is 15.8 Å². The third-order valence-electron chi connectivity index (χ3n) is 3.90. The molecule has 5 heteroatoms. The number of aliphatic imine (C=N–C) groups is 1. The number of amidine groups is 1. The molecule has 21 heavy (non-hydrogen) atoms. The van der Waals surface area contributed by atoms with Gasteiger partial charge >= 0.3 is 0 Å². The molecule has 0 atom stereocenters. The van der Waals surface area contributed by atoms with Crippen molar-refractivity contribution in [1.29, 1.82) is 0 Å². The van der Waals surface area contributed by atoms with Crippen LogP contribution in [-0.4, -0.2) is 34.9 Å². The second-order valence-electron chi connectivity index (χ2n) is 5.26. The number of aliphatic hydroxyl groups excluding tert-OH is 1. The number of aliphatic hydroxyl groups is 1. The van der Waals surface area contributed by atoms with Crippen LogP contribution in [0, 0.1) is 6.92 Å². The molecule has 0 fully saturated rings. The Morgan fingerprint density at radius 2 is 2.29 bits per heavy atom. The number of rotatable bonds is 3. The zero-order valence-electron chi connectivity index (χ0n) is 11.8. The van der Waals surface area contributed by atoms with E-state index in [0.29, 0.717) is 6.42 Å². The highest BCUT2D eigenvalue weighted by Gasteiger charge is 2.33. The molecule has 1 aromatic heterocycles. The highest BCUT2D eigenvalue weighted by atomic mass is 32.2. The summed E-state index contributed by atoms with van der Waals surface area (Å²) in [5, 5.41) is 11.8. The van der Waals surface area contributed by atoms with E-state index in [1.165, 1.54) is 31.1 Å². The van der Waals surface area contributed by atoms with Gasteiger partial charge < -0.3 is 10.0 Å². The average molecular weight is 316 g/mol. The van der Waals surface area contributed by atoms with Crippen LogP contribution in [0.3, 0.4) is 0 Å². The first kappa shape index (κ1) is 13.4. The molecule has 0 radical (unpaired) electrons. The predicted molar refractivity (Wildman–Crippen MR) is 91.8 cm³/mol. The molecule has 0 spiro atoms. The van der Waals surface area contributed by atoms with E-state index >= 15 is 0 Å². The van der Waals surface area contributed by atoms with Crippen molar-refractivity contribution in [2.75, 3.05) is 19.7 Å². The van der Waals surface area contributed by atoms with Crippen LogP contribution in [0.5, 0.6) is 0 Å². The van der Waals surface area contributed by atoms with Gasteiger partial charge in [-0.15, -0.1) is 11.3 Å². The minimum atomic E-state index is 0.191. The summed E-state index contributed by atoms with van der Waals surface area (Å²) in [6, 6.07) is 8.76. The maximum atomic E-state index is 9.34. The van der Waals surface area contributed by atoms with Crippen molar-refractivity contribution >= 4 is 44.0 Å². The Labute approximate surface area is 132 Å². The molecule has 1 aromatic carbocycles. The van der Waals surface area contributed by atoms with Crippen molar-refractivity contribution in [3.8, 4) is 0 Å². The van der Waals surface area contributed by atoms with Gasteiger partial charge in [-0.05, 0) is 30.0 Å². The Bertz CT molecular complexity index is 776. The largest absolute Gasteiger partial charge is 0.396 e. The molecule has 0 aliphatic carbocycles. The maximum Gasteiger partial charge on any atom is 0.168 e. The van der Waals surface area contributed by atoms with Gasteiger partial charge in [0, 0.05) is 29.2 Å². The van der Waals surface area contributed by atoms with Crippen LogP contribution in [0.15, 0.2) is 34.2 Å². The van der Waals surface area contributed by atoms with E-state index in [9.17, 15) is 5.11 Å². The lowest BCUT2D eigenvalue weighted by molar-refractivity contribution is 0.301. The third kappa shape index (κ3) is 2.11. The van der Waals surface area contributed by atoms with Gasteiger partial charge in [0.15, 0.2) is 5.17 Å². The van der Waals surface area contributed by atoms with Gasteiger partial charge in [-0.2, -0.15) is 0 Å². The van der Waals surface area contributed by atoms with Gasteiger partial charge in [-0.25, -0.2) is 0 Å². The highest BCUT2D eigenvalue weighted by Crippen LogP contribution is 2.46. The summed E-state index contributed by atoms with van der Waals surface area (Å²) in [6.07, 6.45) is 0.711. The molecular weight excluding hydrogens is 300 g/mol. The Balaban J connectivity index is 1.86. The molecule has 3 nitrogen and oxygen atoms in total. The SMILES string of the molecule is Cc1cccc2sc(C3=C(CCO)SC4=NCCN43)cc12. The first-order chi connectivity index (χ1) is 10.3. The number of thioether (sulfide) groups is 1. The lowest BCUT2D eigenvalue weighted by atomic mass is 10.1. The molecule has 0 bridgehead atoms. The van der Waals surface area contributed by atoms with E-state index in [0.717, 1.165) is 18.3 Å². The zero-order valence-corrected chi connectivity index (χ0v) is 13.4. The summed E-state index contributed by atoms with van der Waals surface area (Å²) in [5.74, 6) is 0. The smallest absolute Gasteiger partial charge is 0.168 e. The van der Waals surface area contributed by atoms with Crippen LogP contribution < -0.4 is 0 Å². The van der Waals surface area contributed by atoms with Crippen molar-refractivity contribution < 1.29 is 5.11 Å². The van der Waals surface area contributed by atoms with Crippen molar-refractivity contribution in [2.45, 2.75) is 13.3 Å². The number of fused-ring (bicyclic) bond motifs is 2. The van der Waals surface area contributed by atoms with E-state index in [4.69, 9.17) is 0 Å². The molecular formula is C16H16N2OS2. The summed E-state index contributed by atoms with van der Waals surface area (Å²) in [7, 11) is 0. The van der Waals surface area contributed by atoms with E-state index < -0.39 is 0 Å². The van der Waals surface area contributed by atoms with Gasteiger partial charge in [-0.3, -0.25) is 4.99 Å². The summed E-state index contributed by atoms with van der Waals surface area (Å²) < 4.78 is 1.33. The van der Waals surface area contributed by atoms with Crippen LogP contribution in [-0.2, 0) is 0 Å². The summed E-state index contributed by atoms with van der Waals surface area (Å²) >= 11 is 3.56. The fourth-order valence-electron chi connectivity index (χ4n) is 2.90. The average Bonchev–Trinajstić information content (AvgIpc) is 3.12. The number of nitrogens with zero attached hydrogens (tertiary/aromatic N) is 2. The van der Waals surface area contributed by atoms with E-state index in [1.807, 2.05) is 11.3 Å². The molecule has 3 heterocycles. The quantitative estimate of drug-likeness (QED) is 0.938. The maximum absolute atomic E-state index is 9.34. The number of aryl methyl sites for hydroxylation is 1. The zero-order chi connectivity index (χ0) is 14.4. The molecule has 1 N–H and O–H groups in total. The van der Waals surface area contributed by atoms with Gasteiger partial charge in [0.25, 0.3) is 0 Å². The molecule has 2 aliphatic heterocycles. The Hall–Kier alpha value is -1.30. The first-order valence-electron chi connectivity index (χ1n) is 7.11. The monoisotopic (exact) mass is 316 g/mol. The molecule has 0 unspecified atom stereocenters. The summed E-state index contributed by atoms with van der Waals surface area (Å²) in [5.41, 5.74) is 2.59. The van der Waals surface area contributed by atoms with Gasteiger partial charge in [0.05, 0.1) is 17.1 Å². The van der Waals surface area contributed by atoms with Crippen molar-refractivity contribution in [3.63, 3.8) is 0 Å².